The lowest BCUT2D eigenvalue weighted by Gasteiger charge is -2.24. The van der Waals surface area contributed by atoms with Crippen molar-refractivity contribution in [3.05, 3.63) is 23.8 Å². The largest absolute Gasteiger partial charge is 0.497 e. The first-order chi connectivity index (χ1) is 8.91. The third-order valence-electron chi connectivity index (χ3n) is 3.24. The third-order valence-corrected chi connectivity index (χ3v) is 3.24. The van der Waals surface area contributed by atoms with E-state index in [0.29, 0.717) is 0 Å². The molecule has 1 aromatic carbocycles. The molecule has 0 radical (unpaired) electrons. The van der Waals surface area contributed by atoms with Crippen molar-refractivity contribution in [1.82, 2.24) is 5.32 Å². The Balaban J connectivity index is 2.95. The van der Waals surface area contributed by atoms with Gasteiger partial charge in [0.25, 0.3) is 0 Å². The number of rotatable bonds is 7. The van der Waals surface area contributed by atoms with Gasteiger partial charge < -0.3 is 20.5 Å². The summed E-state index contributed by atoms with van der Waals surface area (Å²) in [5.74, 6) is 1.71. The Morgan fingerprint density at radius 2 is 1.95 bits per heavy atom. The van der Waals surface area contributed by atoms with Gasteiger partial charge >= 0.3 is 0 Å². The molecule has 1 unspecified atom stereocenters. The second-order valence-electron chi connectivity index (χ2n) is 5.48. The average Bonchev–Trinajstić information content (AvgIpc) is 2.38. The van der Waals surface area contributed by atoms with E-state index in [1.165, 1.54) is 0 Å². The molecule has 19 heavy (non-hydrogen) atoms. The van der Waals surface area contributed by atoms with Crippen molar-refractivity contribution in [2.24, 2.45) is 5.73 Å². The molecule has 0 saturated heterocycles. The maximum atomic E-state index is 6.06. The third kappa shape index (κ3) is 4.73. The minimum absolute atomic E-state index is 0.165. The van der Waals surface area contributed by atoms with Gasteiger partial charge in [-0.15, -0.1) is 0 Å². The van der Waals surface area contributed by atoms with Crippen LogP contribution in [0.1, 0.15) is 38.3 Å². The minimum Gasteiger partial charge on any atom is -0.497 e. The van der Waals surface area contributed by atoms with E-state index in [4.69, 9.17) is 15.2 Å². The van der Waals surface area contributed by atoms with Crippen LogP contribution in [0, 0.1) is 0 Å². The first-order valence-electron chi connectivity index (χ1n) is 6.59. The van der Waals surface area contributed by atoms with Crippen LogP contribution in [0.2, 0.25) is 0 Å². The Labute approximate surface area is 116 Å². The van der Waals surface area contributed by atoms with Gasteiger partial charge in [-0.2, -0.15) is 0 Å². The number of ether oxygens (including phenoxy) is 2. The number of benzene rings is 1. The number of nitrogens with two attached hydrogens (primary N) is 1. The highest BCUT2D eigenvalue weighted by Crippen LogP contribution is 2.32. The predicted molar refractivity (Wildman–Crippen MR) is 78.8 cm³/mol. The summed E-state index contributed by atoms with van der Waals surface area (Å²) in [6.45, 7) is 4.09. The molecule has 0 bridgehead atoms. The first-order valence-corrected chi connectivity index (χ1v) is 6.59. The summed E-state index contributed by atoms with van der Waals surface area (Å²) in [7, 11) is 5.31. The van der Waals surface area contributed by atoms with E-state index < -0.39 is 0 Å². The molecule has 4 nitrogen and oxygen atoms in total. The van der Waals surface area contributed by atoms with Gasteiger partial charge in [0, 0.05) is 17.1 Å². The molecule has 1 rings (SSSR count). The fourth-order valence-electron chi connectivity index (χ4n) is 2.08. The van der Waals surface area contributed by atoms with E-state index in [2.05, 4.69) is 5.32 Å². The molecular formula is C15H26N2O2. The Bertz CT molecular complexity index is 400. The SMILES string of the molecule is CNC(CCC(C)(C)N)c1cc(OC)ccc1OC. The molecule has 0 heterocycles. The van der Waals surface area contributed by atoms with Gasteiger partial charge in [0.2, 0.25) is 0 Å². The van der Waals surface area contributed by atoms with Crippen molar-refractivity contribution in [3.8, 4) is 11.5 Å². The lowest BCUT2D eigenvalue weighted by molar-refractivity contribution is 0.375. The molecule has 0 amide bonds. The highest BCUT2D eigenvalue weighted by molar-refractivity contribution is 5.42. The number of hydrogen-bond acceptors (Lipinski definition) is 4. The van der Waals surface area contributed by atoms with E-state index in [-0.39, 0.29) is 11.6 Å². The Kier molecular flexibility index (Phi) is 5.63. The predicted octanol–water partition coefficient (Wildman–Crippen LogP) is 2.48. The van der Waals surface area contributed by atoms with Crippen LogP contribution in [0.25, 0.3) is 0 Å². The van der Waals surface area contributed by atoms with Gasteiger partial charge in [-0.3, -0.25) is 0 Å². The summed E-state index contributed by atoms with van der Waals surface area (Å²) < 4.78 is 10.7. The van der Waals surface area contributed by atoms with Gasteiger partial charge in [0.1, 0.15) is 11.5 Å². The molecule has 0 saturated carbocycles. The topological polar surface area (TPSA) is 56.5 Å². The summed E-state index contributed by atoms with van der Waals surface area (Å²) in [6.07, 6.45) is 1.88. The molecule has 0 aliphatic heterocycles. The van der Waals surface area contributed by atoms with Crippen molar-refractivity contribution < 1.29 is 9.47 Å². The van der Waals surface area contributed by atoms with Crippen molar-refractivity contribution in [2.45, 2.75) is 38.3 Å². The van der Waals surface area contributed by atoms with E-state index in [9.17, 15) is 0 Å². The molecule has 1 aromatic rings. The highest BCUT2D eigenvalue weighted by atomic mass is 16.5. The maximum absolute atomic E-state index is 6.06. The van der Waals surface area contributed by atoms with Crippen molar-refractivity contribution >= 4 is 0 Å². The molecule has 0 aromatic heterocycles. The Hall–Kier alpha value is -1.26. The molecular weight excluding hydrogens is 240 g/mol. The number of methoxy groups -OCH3 is 2. The van der Waals surface area contributed by atoms with E-state index in [0.717, 1.165) is 29.9 Å². The van der Waals surface area contributed by atoms with Gasteiger partial charge in [-0.25, -0.2) is 0 Å². The Morgan fingerprint density at radius 3 is 2.42 bits per heavy atom. The van der Waals surface area contributed by atoms with E-state index in [1.807, 2.05) is 39.1 Å². The summed E-state index contributed by atoms with van der Waals surface area (Å²) in [5, 5.41) is 3.33. The second kappa shape index (κ2) is 6.78. The normalized spacial score (nSPS) is 13.2. The molecule has 0 spiro atoms. The molecule has 0 aliphatic carbocycles. The van der Waals surface area contributed by atoms with Crippen molar-refractivity contribution in [3.63, 3.8) is 0 Å². The smallest absolute Gasteiger partial charge is 0.123 e. The number of nitrogens with one attached hydrogen (secondary N) is 1. The molecule has 4 heteroatoms. The van der Waals surface area contributed by atoms with Gasteiger partial charge in [0.15, 0.2) is 0 Å². The monoisotopic (exact) mass is 266 g/mol. The van der Waals surface area contributed by atoms with Gasteiger partial charge in [-0.05, 0) is 51.9 Å². The summed E-state index contributed by atoms with van der Waals surface area (Å²) in [4.78, 5) is 0. The fourth-order valence-corrected chi connectivity index (χ4v) is 2.08. The summed E-state index contributed by atoms with van der Waals surface area (Å²) in [6, 6.07) is 6.06. The molecule has 0 aliphatic rings. The van der Waals surface area contributed by atoms with E-state index >= 15 is 0 Å². The van der Waals surface area contributed by atoms with Crippen LogP contribution >= 0.6 is 0 Å². The zero-order valence-corrected chi connectivity index (χ0v) is 12.6. The molecule has 3 N–H and O–H groups in total. The van der Waals surface area contributed by atoms with Gasteiger partial charge in [-0.1, -0.05) is 0 Å². The van der Waals surface area contributed by atoms with Crippen LogP contribution < -0.4 is 20.5 Å². The second-order valence-corrected chi connectivity index (χ2v) is 5.48. The van der Waals surface area contributed by atoms with Crippen LogP contribution in [0.3, 0.4) is 0 Å². The quantitative estimate of drug-likeness (QED) is 0.796. The average molecular weight is 266 g/mol. The summed E-state index contributed by atoms with van der Waals surface area (Å²) >= 11 is 0. The molecule has 0 fully saturated rings. The maximum Gasteiger partial charge on any atom is 0.123 e. The minimum atomic E-state index is -0.165. The highest BCUT2D eigenvalue weighted by Gasteiger charge is 2.19. The zero-order chi connectivity index (χ0) is 14.5. The van der Waals surface area contributed by atoms with Crippen LogP contribution in [0.15, 0.2) is 18.2 Å². The standard InChI is InChI=1S/C15H26N2O2/c1-15(2,16)9-8-13(17-3)12-10-11(18-4)6-7-14(12)19-5/h6-7,10,13,17H,8-9,16H2,1-5H3. The van der Waals surface area contributed by atoms with Crippen molar-refractivity contribution in [1.29, 1.82) is 0 Å². The van der Waals surface area contributed by atoms with Crippen LogP contribution in [0.5, 0.6) is 11.5 Å². The first kappa shape index (κ1) is 15.8. The summed E-state index contributed by atoms with van der Waals surface area (Å²) in [5.41, 5.74) is 7.00. The molecule has 108 valence electrons. The van der Waals surface area contributed by atoms with Crippen LogP contribution in [-0.2, 0) is 0 Å². The van der Waals surface area contributed by atoms with Crippen LogP contribution in [-0.4, -0.2) is 26.8 Å². The molecule has 1 atom stereocenters. The fraction of sp³-hybridized carbons (Fsp3) is 0.600. The van der Waals surface area contributed by atoms with Gasteiger partial charge in [0.05, 0.1) is 14.2 Å². The Morgan fingerprint density at radius 1 is 1.26 bits per heavy atom. The van der Waals surface area contributed by atoms with E-state index in [1.54, 1.807) is 14.2 Å². The lowest BCUT2D eigenvalue weighted by Crippen LogP contribution is -2.33. The van der Waals surface area contributed by atoms with Crippen molar-refractivity contribution in [2.75, 3.05) is 21.3 Å². The zero-order valence-electron chi connectivity index (χ0n) is 12.6. The lowest BCUT2D eigenvalue weighted by atomic mass is 9.93. The van der Waals surface area contributed by atoms with Crippen LogP contribution in [0.4, 0.5) is 0 Å². The number of hydrogen-bond donors (Lipinski definition) is 2.